The summed E-state index contributed by atoms with van der Waals surface area (Å²) in [4.78, 5) is 18.0. The van der Waals surface area contributed by atoms with Crippen LogP contribution in [0.4, 0.5) is 4.39 Å². The summed E-state index contributed by atoms with van der Waals surface area (Å²) in [5.41, 5.74) is 3.72. The number of nitriles is 1. The Morgan fingerprint density at radius 1 is 0.909 bits per heavy atom. The topological polar surface area (TPSA) is 63.0 Å². The predicted octanol–water partition coefficient (Wildman–Crippen LogP) is 6.15. The highest BCUT2D eigenvalue weighted by Crippen LogP contribution is 2.43. The molecule has 0 amide bonds. The Balaban J connectivity index is 1.79. The van der Waals surface area contributed by atoms with Crippen LogP contribution < -0.4 is 4.74 Å². The fraction of sp³-hybridized carbons (Fsp3) is 0.0357. The summed E-state index contributed by atoms with van der Waals surface area (Å²) in [5, 5.41) is 10.1. The zero-order chi connectivity index (χ0) is 22.9. The lowest BCUT2D eigenvalue weighted by Gasteiger charge is -2.13. The normalized spacial score (nSPS) is 11.8. The second kappa shape index (κ2) is 8.18. The van der Waals surface area contributed by atoms with Crippen LogP contribution in [0.5, 0.6) is 5.75 Å². The molecule has 0 N–H and O–H groups in total. The summed E-state index contributed by atoms with van der Waals surface area (Å²) in [6.45, 7) is 0. The van der Waals surface area contributed by atoms with Crippen LogP contribution in [-0.2, 0) is 0 Å². The van der Waals surface area contributed by atoms with E-state index >= 15 is 0 Å². The van der Waals surface area contributed by atoms with Crippen LogP contribution in [0, 0.1) is 17.1 Å². The van der Waals surface area contributed by atoms with E-state index in [1.54, 1.807) is 43.5 Å². The van der Waals surface area contributed by atoms with Crippen molar-refractivity contribution in [3.05, 3.63) is 107 Å². The zero-order valence-electron chi connectivity index (χ0n) is 17.7. The molecule has 1 aliphatic carbocycles. The maximum atomic E-state index is 14.9. The number of rotatable bonds is 4. The molecule has 0 radical (unpaired) electrons. The van der Waals surface area contributed by atoms with Crippen LogP contribution in [0.25, 0.3) is 34.5 Å². The van der Waals surface area contributed by atoms with Gasteiger partial charge in [0, 0.05) is 22.3 Å². The summed E-state index contributed by atoms with van der Waals surface area (Å²) in [5.74, 6) is -0.0637. The van der Waals surface area contributed by atoms with Gasteiger partial charge in [-0.1, -0.05) is 60.7 Å². The first-order valence-corrected chi connectivity index (χ1v) is 10.3. The van der Waals surface area contributed by atoms with Crippen molar-refractivity contribution in [3.63, 3.8) is 0 Å². The third-order valence-electron chi connectivity index (χ3n) is 5.66. The van der Waals surface area contributed by atoms with Crippen LogP contribution in [-0.4, -0.2) is 17.9 Å². The molecular weight excluding hydrogens is 415 g/mol. The zero-order valence-corrected chi connectivity index (χ0v) is 17.7. The summed E-state index contributed by atoms with van der Waals surface area (Å²) in [7, 11) is 1.59. The number of carbonyl (C=O) groups is 1. The lowest BCUT2D eigenvalue weighted by molar-refractivity contribution is 0.104. The molecule has 4 nitrogen and oxygen atoms in total. The molecule has 0 saturated carbocycles. The Morgan fingerprint density at radius 2 is 1.64 bits per heavy atom. The number of methoxy groups -OCH3 is 1. The van der Waals surface area contributed by atoms with E-state index in [0.717, 1.165) is 5.56 Å². The first-order valence-electron chi connectivity index (χ1n) is 10.3. The van der Waals surface area contributed by atoms with Gasteiger partial charge in [-0.2, -0.15) is 5.26 Å². The number of aromatic nitrogens is 1. The molecule has 1 aliphatic rings. The molecule has 1 heterocycles. The van der Waals surface area contributed by atoms with E-state index in [9.17, 15) is 14.4 Å². The molecule has 4 aromatic rings. The lowest BCUT2D eigenvalue weighted by atomic mass is 9.91. The minimum absolute atomic E-state index is 0.152. The minimum Gasteiger partial charge on any atom is -0.497 e. The van der Waals surface area contributed by atoms with Gasteiger partial charge in [0.25, 0.3) is 0 Å². The molecule has 5 heteroatoms. The molecule has 0 fully saturated rings. The molecule has 0 bridgehead atoms. The molecule has 0 saturated heterocycles. The summed E-state index contributed by atoms with van der Waals surface area (Å²) in [6, 6.07) is 22.9. The van der Waals surface area contributed by atoms with Crippen LogP contribution >= 0.6 is 0 Å². The monoisotopic (exact) mass is 432 g/mol. The molecule has 0 atom stereocenters. The van der Waals surface area contributed by atoms with Gasteiger partial charge in [-0.3, -0.25) is 4.79 Å². The molecule has 158 valence electrons. The Bertz CT molecular complexity index is 1500. The number of ketones is 1. The Morgan fingerprint density at radius 3 is 2.36 bits per heavy atom. The van der Waals surface area contributed by atoms with Gasteiger partial charge in [0.05, 0.1) is 29.6 Å². The van der Waals surface area contributed by atoms with Gasteiger partial charge >= 0.3 is 0 Å². The fourth-order valence-electron chi connectivity index (χ4n) is 4.13. The smallest absolute Gasteiger partial charge is 0.196 e. The van der Waals surface area contributed by atoms with Gasteiger partial charge in [0.1, 0.15) is 17.6 Å². The van der Waals surface area contributed by atoms with Crippen molar-refractivity contribution in [2.75, 3.05) is 7.11 Å². The second-order valence-electron chi connectivity index (χ2n) is 7.55. The lowest BCUT2D eigenvalue weighted by Crippen LogP contribution is -2.05. The van der Waals surface area contributed by atoms with E-state index in [-0.39, 0.29) is 28.0 Å². The van der Waals surface area contributed by atoms with Crippen molar-refractivity contribution < 1.29 is 13.9 Å². The van der Waals surface area contributed by atoms with E-state index in [1.165, 1.54) is 6.07 Å². The minimum atomic E-state index is -0.506. The Kier molecular flexibility index (Phi) is 5.04. The van der Waals surface area contributed by atoms with E-state index in [0.29, 0.717) is 28.3 Å². The molecular formula is C28H17FN2O2. The van der Waals surface area contributed by atoms with Crippen LogP contribution in [0.2, 0.25) is 0 Å². The number of benzene rings is 3. The van der Waals surface area contributed by atoms with Crippen molar-refractivity contribution in [2.24, 2.45) is 0 Å². The van der Waals surface area contributed by atoms with Gasteiger partial charge in [-0.25, -0.2) is 9.37 Å². The molecule has 0 spiro atoms. The van der Waals surface area contributed by atoms with Crippen molar-refractivity contribution >= 4 is 17.9 Å². The fourth-order valence-corrected chi connectivity index (χ4v) is 4.13. The van der Waals surface area contributed by atoms with Crippen molar-refractivity contribution in [1.29, 1.82) is 5.26 Å². The Hall–Kier alpha value is -4.56. The largest absolute Gasteiger partial charge is 0.497 e. The van der Waals surface area contributed by atoms with E-state index in [1.807, 2.05) is 42.5 Å². The van der Waals surface area contributed by atoms with Gasteiger partial charge < -0.3 is 4.74 Å². The number of hydrogen-bond donors (Lipinski definition) is 0. The van der Waals surface area contributed by atoms with E-state index < -0.39 is 5.82 Å². The van der Waals surface area contributed by atoms with Crippen LogP contribution in [0.3, 0.4) is 0 Å². The highest BCUT2D eigenvalue weighted by Gasteiger charge is 2.34. The average Bonchev–Trinajstić information content (AvgIpc) is 3.14. The standard InChI is InChI=1S/C28H17FN2O2/c1-33-18-8-6-7-17(15-18)13-14-24-22(16-30)25(21-11-4-5-12-23(21)29)26-27(31-24)19-9-2-3-10-20(19)28(26)32/h2-15H,1H3. The van der Waals surface area contributed by atoms with E-state index in [4.69, 9.17) is 9.72 Å². The maximum absolute atomic E-state index is 14.9. The third-order valence-corrected chi connectivity index (χ3v) is 5.66. The number of nitrogens with zero attached hydrogens (tertiary/aromatic N) is 2. The summed E-state index contributed by atoms with van der Waals surface area (Å²) in [6.07, 6.45) is 3.52. The second-order valence-corrected chi connectivity index (χ2v) is 7.55. The van der Waals surface area contributed by atoms with Gasteiger partial charge in [-0.15, -0.1) is 0 Å². The van der Waals surface area contributed by atoms with Crippen molar-refractivity contribution in [2.45, 2.75) is 0 Å². The van der Waals surface area contributed by atoms with Gasteiger partial charge in [0.2, 0.25) is 0 Å². The molecule has 0 aliphatic heterocycles. The Labute approximate surface area is 190 Å². The number of carbonyl (C=O) groups excluding carboxylic acids is 1. The molecule has 0 unspecified atom stereocenters. The molecule has 3 aromatic carbocycles. The van der Waals surface area contributed by atoms with Crippen molar-refractivity contribution in [3.8, 4) is 34.2 Å². The van der Waals surface area contributed by atoms with Crippen LogP contribution in [0.15, 0.2) is 72.8 Å². The number of halogens is 1. The summed E-state index contributed by atoms with van der Waals surface area (Å²) < 4.78 is 20.2. The molecule has 1 aromatic heterocycles. The maximum Gasteiger partial charge on any atom is 0.196 e. The summed E-state index contributed by atoms with van der Waals surface area (Å²) >= 11 is 0. The highest BCUT2D eigenvalue weighted by molar-refractivity contribution is 6.24. The first-order chi connectivity index (χ1) is 16.1. The highest BCUT2D eigenvalue weighted by atomic mass is 19.1. The van der Waals surface area contributed by atoms with Crippen molar-refractivity contribution in [1.82, 2.24) is 4.98 Å². The number of hydrogen-bond acceptors (Lipinski definition) is 4. The first kappa shape index (κ1) is 20.3. The SMILES string of the molecule is COc1cccc(C=Cc2nc3c(c(-c4ccccc4F)c2C#N)C(=O)c2ccccc2-3)c1. The molecule has 33 heavy (non-hydrogen) atoms. The number of ether oxygens (including phenoxy) is 1. The average molecular weight is 432 g/mol. The third kappa shape index (κ3) is 3.38. The molecule has 5 rings (SSSR count). The number of fused-ring (bicyclic) bond motifs is 3. The number of pyridine rings is 1. The van der Waals surface area contributed by atoms with Gasteiger partial charge in [-0.05, 0) is 29.8 Å². The van der Waals surface area contributed by atoms with Gasteiger partial charge in [0.15, 0.2) is 5.78 Å². The quantitative estimate of drug-likeness (QED) is 0.342. The predicted molar refractivity (Wildman–Crippen MR) is 125 cm³/mol. The van der Waals surface area contributed by atoms with E-state index in [2.05, 4.69) is 6.07 Å². The van der Waals surface area contributed by atoms with Crippen LogP contribution in [0.1, 0.15) is 32.7 Å².